The van der Waals surface area contributed by atoms with E-state index in [1.165, 1.54) is 37.3 Å². The molecule has 0 radical (unpaired) electrons. The molecule has 0 spiro atoms. The monoisotopic (exact) mass is 604 g/mol. The van der Waals surface area contributed by atoms with Gasteiger partial charge < -0.3 is 9.84 Å². The summed E-state index contributed by atoms with van der Waals surface area (Å²) in [6, 6.07) is 12.8. The van der Waals surface area contributed by atoms with Crippen molar-refractivity contribution in [3.63, 3.8) is 0 Å². The number of alkyl halides is 3. The standard InChI is InChI=1S/C25H16BrF3N4O6/c1-13(24(35)36)39-21-18(26)9-14(10-20(21)33(37)38)12-30-32-22(15-5-4-6-16(11-15)25(27,28)29)31-19-8-3-2-7-17(19)23(32)34/h2-13H,1H3,(H,35,36)/t13-/m1/s1. The maximum atomic E-state index is 13.4. The van der Waals surface area contributed by atoms with Gasteiger partial charge in [-0.15, -0.1) is 0 Å². The number of hydrogen-bond donors (Lipinski definition) is 1. The first-order valence-corrected chi connectivity index (χ1v) is 11.8. The molecule has 1 aromatic heterocycles. The van der Waals surface area contributed by atoms with Gasteiger partial charge in [0.25, 0.3) is 5.56 Å². The van der Waals surface area contributed by atoms with Crippen molar-refractivity contribution in [2.45, 2.75) is 19.2 Å². The second kappa shape index (κ2) is 10.6. The van der Waals surface area contributed by atoms with Crippen LogP contribution in [0.2, 0.25) is 0 Å². The van der Waals surface area contributed by atoms with Gasteiger partial charge in [-0.05, 0) is 53.2 Å². The molecule has 1 N–H and O–H groups in total. The second-order valence-corrected chi connectivity index (χ2v) is 8.95. The minimum absolute atomic E-state index is 0.0355. The van der Waals surface area contributed by atoms with E-state index in [1.807, 2.05) is 0 Å². The molecule has 1 atom stereocenters. The molecule has 200 valence electrons. The van der Waals surface area contributed by atoms with Crippen LogP contribution in [0.4, 0.5) is 18.9 Å². The summed E-state index contributed by atoms with van der Waals surface area (Å²) in [5.74, 6) is -1.86. The number of nitro groups is 1. The van der Waals surface area contributed by atoms with E-state index in [4.69, 9.17) is 9.84 Å². The number of rotatable bonds is 7. The van der Waals surface area contributed by atoms with Crippen LogP contribution in [0.5, 0.6) is 5.75 Å². The lowest BCUT2D eigenvalue weighted by atomic mass is 10.1. The molecule has 1 heterocycles. The lowest BCUT2D eigenvalue weighted by Gasteiger charge is -2.13. The highest BCUT2D eigenvalue weighted by molar-refractivity contribution is 9.10. The number of carbonyl (C=O) groups is 1. The van der Waals surface area contributed by atoms with Gasteiger partial charge in [0.15, 0.2) is 11.9 Å². The average molecular weight is 605 g/mol. The number of halogens is 4. The third-order valence-electron chi connectivity index (χ3n) is 5.41. The molecule has 39 heavy (non-hydrogen) atoms. The van der Waals surface area contributed by atoms with Gasteiger partial charge in [0, 0.05) is 17.2 Å². The molecule has 0 unspecified atom stereocenters. The van der Waals surface area contributed by atoms with E-state index in [2.05, 4.69) is 26.0 Å². The minimum Gasteiger partial charge on any atom is -0.479 e. The molecule has 3 aromatic carbocycles. The van der Waals surface area contributed by atoms with Crippen LogP contribution in [0, 0.1) is 10.1 Å². The third-order valence-corrected chi connectivity index (χ3v) is 6.00. The molecule has 0 bridgehead atoms. The minimum atomic E-state index is -4.64. The van der Waals surface area contributed by atoms with Crippen molar-refractivity contribution in [2.75, 3.05) is 0 Å². The van der Waals surface area contributed by atoms with Gasteiger partial charge in [-0.3, -0.25) is 14.9 Å². The molecule has 0 saturated carbocycles. The Morgan fingerprint density at radius 1 is 1.21 bits per heavy atom. The van der Waals surface area contributed by atoms with Gasteiger partial charge in [-0.1, -0.05) is 24.3 Å². The van der Waals surface area contributed by atoms with E-state index < -0.39 is 40.0 Å². The molecule has 10 nitrogen and oxygen atoms in total. The normalized spacial score (nSPS) is 12.5. The Morgan fingerprint density at radius 3 is 2.59 bits per heavy atom. The second-order valence-electron chi connectivity index (χ2n) is 8.10. The summed E-state index contributed by atoms with van der Waals surface area (Å²) in [5, 5.41) is 25.0. The lowest BCUT2D eigenvalue weighted by Crippen LogP contribution is -2.23. The van der Waals surface area contributed by atoms with Crippen LogP contribution in [0.1, 0.15) is 18.1 Å². The fourth-order valence-electron chi connectivity index (χ4n) is 3.53. The quantitative estimate of drug-likeness (QED) is 0.167. The summed E-state index contributed by atoms with van der Waals surface area (Å²) in [5.41, 5.74) is -1.94. The lowest BCUT2D eigenvalue weighted by molar-refractivity contribution is -0.386. The first-order chi connectivity index (χ1) is 18.4. The summed E-state index contributed by atoms with van der Waals surface area (Å²) in [6.07, 6.45) is -4.96. The first kappa shape index (κ1) is 27.4. The highest BCUT2D eigenvalue weighted by atomic mass is 79.9. The van der Waals surface area contributed by atoms with E-state index in [1.54, 1.807) is 12.1 Å². The van der Waals surface area contributed by atoms with E-state index in [9.17, 15) is 32.9 Å². The number of carboxylic acid groups (broad SMARTS) is 1. The third kappa shape index (κ3) is 5.80. The van der Waals surface area contributed by atoms with Crippen LogP contribution in [0.25, 0.3) is 22.3 Å². The van der Waals surface area contributed by atoms with Crippen molar-refractivity contribution >= 4 is 44.7 Å². The fourth-order valence-corrected chi connectivity index (χ4v) is 4.09. The number of carboxylic acids is 1. The van der Waals surface area contributed by atoms with Crippen LogP contribution in [0.15, 0.2) is 75.0 Å². The topological polar surface area (TPSA) is 137 Å². The molecule has 0 saturated heterocycles. The van der Waals surface area contributed by atoms with Crippen molar-refractivity contribution in [2.24, 2.45) is 5.10 Å². The van der Waals surface area contributed by atoms with Crippen molar-refractivity contribution in [3.05, 3.63) is 96.7 Å². The maximum absolute atomic E-state index is 13.4. The number of hydrogen-bond acceptors (Lipinski definition) is 7. The zero-order valence-corrected chi connectivity index (χ0v) is 21.3. The number of benzene rings is 3. The number of aromatic nitrogens is 2. The van der Waals surface area contributed by atoms with Gasteiger partial charge in [0.1, 0.15) is 0 Å². The first-order valence-electron chi connectivity index (χ1n) is 11.0. The fraction of sp³-hybridized carbons (Fsp3) is 0.120. The van der Waals surface area contributed by atoms with Crippen molar-refractivity contribution in [1.29, 1.82) is 0 Å². The largest absolute Gasteiger partial charge is 0.479 e. The highest BCUT2D eigenvalue weighted by Gasteiger charge is 2.31. The number of fused-ring (bicyclic) bond motifs is 1. The smallest absolute Gasteiger partial charge is 0.416 e. The zero-order chi connectivity index (χ0) is 28.5. The number of aliphatic carboxylic acids is 1. The van der Waals surface area contributed by atoms with Gasteiger partial charge in [-0.25, -0.2) is 9.78 Å². The molecule has 4 aromatic rings. The molecule has 0 aliphatic rings. The number of para-hydroxylation sites is 1. The number of nitrogens with zero attached hydrogens (tertiary/aromatic N) is 4. The van der Waals surface area contributed by atoms with Crippen LogP contribution in [0.3, 0.4) is 0 Å². The highest BCUT2D eigenvalue weighted by Crippen LogP contribution is 2.37. The van der Waals surface area contributed by atoms with E-state index in [-0.39, 0.29) is 38.1 Å². The van der Waals surface area contributed by atoms with Gasteiger partial charge >= 0.3 is 17.8 Å². The molecule has 0 aliphatic heterocycles. The molecular formula is C25H16BrF3N4O6. The summed E-state index contributed by atoms with van der Waals surface area (Å²) < 4.78 is 46.1. The van der Waals surface area contributed by atoms with Crippen LogP contribution >= 0.6 is 15.9 Å². The summed E-state index contributed by atoms with van der Waals surface area (Å²) in [4.78, 5) is 39.7. The van der Waals surface area contributed by atoms with E-state index in [0.717, 1.165) is 29.1 Å². The Labute approximate surface area is 225 Å². The number of ether oxygens (including phenoxy) is 1. The molecule has 0 fully saturated rings. The summed E-state index contributed by atoms with van der Waals surface area (Å²) in [7, 11) is 0. The Bertz CT molecular complexity index is 1700. The average Bonchev–Trinajstić information content (AvgIpc) is 2.88. The molecule has 0 aliphatic carbocycles. The molecule has 4 rings (SSSR count). The van der Waals surface area contributed by atoms with Gasteiger partial charge in [0.05, 0.1) is 32.1 Å². The van der Waals surface area contributed by atoms with Crippen molar-refractivity contribution in [1.82, 2.24) is 9.66 Å². The Morgan fingerprint density at radius 2 is 1.92 bits per heavy atom. The maximum Gasteiger partial charge on any atom is 0.416 e. The molecular weight excluding hydrogens is 589 g/mol. The predicted octanol–water partition coefficient (Wildman–Crippen LogP) is 5.49. The summed E-state index contributed by atoms with van der Waals surface area (Å²) in [6.45, 7) is 1.20. The van der Waals surface area contributed by atoms with Crippen molar-refractivity contribution in [3.8, 4) is 17.1 Å². The van der Waals surface area contributed by atoms with Crippen LogP contribution in [-0.4, -0.2) is 38.0 Å². The van der Waals surface area contributed by atoms with Crippen LogP contribution in [-0.2, 0) is 11.0 Å². The summed E-state index contributed by atoms with van der Waals surface area (Å²) >= 11 is 3.12. The van der Waals surface area contributed by atoms with E-state index >= 15 is 0 Å². The van der Waals surface area contributed by atoms with Crippen LogP contribution < -0.4 is 10.3 Å². The van der Waals surface area contributed by atoms with E-state index in [0.29, 0.717) is 0 Å². The van der Waals surface area contributed by atoms with Gasteiger partial charge in [0.2, 0.25) is 5.75 Å². The Hall–Kier alpha value is -4.59. The van der Waals surface area contributed by atoms with Gasteiger partial charge in [-0.2, -0.15) is 22.9 Å². The zero-order valence-electron chi connectivity index (χ0n) is 19.7. The predicted molar refractivity (Wildman–Crippen MR) is 138 cm³/mol. The Kier molecular flexibility index (Phi) is 7.49. The molecule has 0 amide bonds. The molecule has 14 heteroatoms. The van der Waals surface area contributed by atoms with Crippen molar-refractivity contribution < 1.29 is 32.7 Å². The number of nitro benzene ring substituents is 1. The Balaban J connectivity index is 1.88. The SMILES string of the molecule is C[C@@H](Oc1c(Br)cc(C=Nn2c(-c3cccc(C(F)(F)F)c3)nc3ccccc3c2=O)cc1[N+](=O)[O-])C(=O)O.